The van der Waals surface area contributed by atoms with Crippen LogP contribution in [0.4, 0.5) is 0 Å². The molecule has 1 heterocycles. The third kappa shape index (κ3) is 6.90. The molecule has 3 rings (SSSR count). The van der Waals surface area contributed by atoms with Gasteiger partial charge >= 0.3 is 5.97 Å². The van der Waals surface area contributed by atoms with E-state index in [2.05, 4.69) is 20.9 Å². The molecule has 10 heteroatoms. The Morgan fingerprint density at radius 1 is 0.886 bits per heavy atom. The molecule has 0 aliphatic rings. The molecule has 0 bridgehead atoms. The fraction of sp³-hybridized carbons (Fsp3) is 0.280. The second-order valence-electron chi connectivity index (χ2n) is 8.21. The van der Waals surface area contributed by atoms with Gasteiger partial charge in [0.25, 0.3) is 0 Å². The highest BCUT2D eigenvalue weighted by Crippen LogP contribution is 2.19. The molecule has 184 valence electrons. The van der Waals surface area contributed by atoms with Crippen LogP contribution in [0.3, 0.4) is 0 Å². The molecule has 3 atom stereocenters. The van der Waals surface area contributed by atoms with Crippen molar-refractivity contribution in [3.05, 3.63) is 71.9 Å². The number of rotatable bonds is 11. The van der Waals surface area contributed by atoms with E-state index in [0.717, 1.165) is 22.0 Å². The molecule has 0 radical (unpaired) electrons. The number of benzene rings is 2. The first-order valence-electron chi connectivity index (χ1n) is 11.2. The van der Waals surface area contributed by atoms with Crippen LogP contribution >= 0.6 is 0 Å². The van der Waals surface area contributed by atoms with Crippen LogP contribution in [-0.4, -0.2) is 58.5 Å². The first kappa shape index (κ1) is 25.4. The number of para-hydroxylation sites is 1. The lowest BCUT2D eigenvalue weighted by molar-refractivity contribution is -0.141. The number of hydrogen-bond acceptors (Lipinski definition) is 5. The quantitative estimate of drug-likeness (QED) is 0.234. The summed E-state index contributed by atoms with van der Waals surface area (Å²) in [6, 6.07) is 13.4. The van der Waals surface area contributed by atoms with Crippen molar-refractivity contribution in [3.8, 4) is 0 Å². The second kappa shape index (κ2) is 11.8. The zero-order valence-corrected chi connectivity index (χ0v) is 19.3. The first-order valence-corrected chi connectivity index (χ1v) is 11.2. The number of carboxylic acid groups (broad SMARTS) is 1. The van der Waals surface area contributed by atoms with Crippen molar-refractivity contribution in [1.82, 2.24) is 20.9 Å². The summed E-state index contributed by atoms with van der Waals surface area (Å²) in [6.07, 6.45) is 2.04. The molecule has 0 saturated carbocycles. The van der Waals surface area contributed by atoms with Crippen molar-refractivity contribution in [2.75, 3.05) is 6.54 Å². The highest BCUT2D eigenvalue weighted by atomic mass is 16.4. The van der Waals surface area contributed by atoms with Crippen LogP contribution in [0.15, 0.2) is 60.8 Å². The van der Waals surface area contributed by atoms with Gasteiger partial charge in [-0.2, -0.15) is 0 Å². The van der Waals surface area contributed by atoms with Crippen LogP contribution in [0.2, 0.25) is 0 Å². The van der Waals surface area contributed by atoms with E-state index in [4.69, 9.17) is 5.73 Å². The molecule has 35 heavy (non-hydrogen) atoms. The number of aromatic amines is 1. The Bertz CT molecular complexity index is 1190. The van der Waals surface area contributed by atoms with Crippen LogP contribution in [0.25, 0.3) is 10.9 Å². The highest BCUT2D eigenvalue weighted by Gasteiger charge is 2.29. The normalized spacial score (nSPS) is 13.4. The van der Waals surface area contributed by atoms with Gasteiger partial charge in [0.05, 0.1) is 6.54 Å². The zero-order valence-electron chi connectivity index (χ0n) is 19.3. The number of nitrogens with two attached hydrogens (primary N) is 1. The predicted octanol–water partition coefficient (Wildman–Crippen LogP) is 0.471. The van der Waals surface area contributed by atoms with Crippen molar-refractivity contribution in [3.63, 3.8) is 0 Å². The van der Waals surface area contributed by atoms with E-state index >= 15 is 0 Å². The Labute approximate surface area is 202 Å². The minimum absolute atomic E-state index is 0.108. The maximum atomic E-state index is 13.3. The zero-order chi connectivity index (χ0) is 25.4. The molecule has 3 amide bonds. The van der Waals surface area contributed by atoms with Gasteiger partial charge in [0.2, 0.25) is 17.7 Å². The number of aliphatic carboxylic acids is 1. The summed E-state index contributed by atoms with van der Waals surface area (Å²) in [5, 5.41) is 17.8. The van der Waals surface area contributed by atoms with Crippen molar-refractivity contribution >= 4 is 34.6 Å². The molecule has 1 aromatic heterocycles. The Morgan fingerprint density at radius 3 is 2.20 bits per heavy atom. The maximum Gasteiger partial charge on any atom is 0.325 e. The van der Waals surface area contributed by atoms with Gasteiger partial charge in [-0.15, -0.1) is 0 Å². The summed E-state index contributed by atoms with van der Waals surface area (Å²) in [5.41, 5.74) is 7.87. The minimum Gasteiger partial charge on any atom is -0.480 e. The van der Waals surface area contributed by atoms with Crippen LogP contribution in [0, 0.1) is 0 Å². The lowest BCUT2D eigenvalue weighted by Crippen LogP contribution is -2.57. The number of aromatic nitrogens is 1. The van der Waals surface area contributed by atoms with Crippen LogP contribution < -0.4 is 21.7 Å². The third-order valence-corrected chi connectivity index (χ3v) is 5.58. The van der Waals surface area contributed by atoms with Gasteiger partial charge in [0.1, 0.15) is 18.1 Å². The van der Waals surface area contributed by atoms with Gasteiger partial charge in [0.15, 0.2) is 0 Å². The van der Waals surface area contributed by atoms with Crippen molar-refractivity contribution in [2.24, 2.45) is 5.73 Å². The van der Waals surface area contributed by atoms with Gasteiger partial charge in [-0.25, -0.2) is 0 Å². The van der Waals surface area contributed by atoms with Crippen molar-refractivity contribution in [2.45, 2.75) is 37.9 Å². The van der Waals surface area contributed by atoms with Gasteiger partial charge in [-0.1, -0.05) is 48.5 Å². The van der Waals surface area contributed by atoms with Gasteiger partial charge in [-0.3, -0.25) is 19.2 Å². The Hall–Kier alpha value is -4.18. The standard InChI is InChI=1S/C25H29N5O5/c1-15(25(34)35)28-23(32)21(12-17-14-27-19-10-6-5-9-18(17)19)30-24(33)20(29-22(31)13-26)11-16-7-3-2-4-8-16/h2-10,14-15,20-21,27H,11-13,26H2,1H3,(H,28,32)(H,29,31)(H,30,33)(H,34,35). The smallest absolute Gasteiger partial charge is 0.325 e. The molecule has 0 aliphatic heterocycles. The van der Waals surface area contributed by atoms with Gasteiger partial charge < -0.3 is 31.8 Å². The molecule has 0 spiro atoms. The molecular weight excluding hydrogens is 450 g/mol. The molecular formula is C25H29N5O5. The van der Waals surface area contributed by atoms with E-state index in [-0.39, 0.29) is 19.4 Å². The van der Waals surface area contributed by atoms with Crippen molar-refractivity contribution in [1.29, 1.82) is 0 Å². The minimum atomic E-state index is -1.20. The monoisotopic (exact) mass is 479 g/mol. The fourth-order valence-electron chi connectivity index (χ4n) is 3.69. The summed E-state index contributed by atoms with van der Waals surface area (Å²) in [4.78, 5) is 52.7. The number of carbonyl (C=O) groups excluding carboxylic acids is 3. The second-order valence-corrected chi connectivity index (χ2v) is 8.21. The van der Waals surface area contributed by atoms with Crippen LogP contribution in [0.1, 0.15) is 18.1 Å². The average molecular weight is 480 g/mol. The molecule has 2 aromatic carbocycles. The maximum absolute atomic E-state index is 13.3. The fourth-order valence-corrected chi connectivity index (χ4v) is 3.69. The van der Waals surface area contributed by atoms with Crippen LogP contribution in [0.5, 0.6) is 0 Å². The van der Waals surface area contributed by atoms with E-state index in [1.165, 1.54) is 6.92 Å². The molecule has 7 N–H and O–H groups in total. The van der Waals surface area contributed by atoms with E-state index in [1.54, 1.807) is 6.20 Å². The lowest BCUT2D eigenvalue weighted by atomic mass is 10.0. The Morgan fingerprint density at radius 2 is 1.51 bits per heavy atom. The number of hydrogen-bond donors (Lipinski definition) is 6. The number of H-pyrrole nitrogens is 1. The number of carbonyl (C=O) groups is 4. The predicted molar refractivity (Wildman–Crippen MR) is 130 cm³/mol. The van der Waals surface area contributed by atoms with E-state index in [0.29, 0.717) is 0 Å². The molecule has 3 aromatic rings. The molecule has 0 aliphatic carbocycles. The summed E-state index contributed by atoms with van der Waals surface area (Å²) < 4.78 is 0. The Balaban J connectivity index is 1.85. The topological polar surface area (TPSA) is 166 Å². The van der Waals surface area contributed by atoms with Gasteiger partial charge in [0, 0.05) is 29.9 Å². The Kier molecular flexibility index (Phi) is 8.58. The summed E-state index contributed by atoms with van der Waals surface area (Å²) in [6.45, 7) is 1.04. The van der Waals surface area contributed by atoms with Crippen molar-refractivity contribution < 1.29 is 24.3 Å². The summed E-state index contributed by atoms with van der Waals surface area (Å²) in [7, 11) is 0. The SMILES string of the molecule is CC(NC(=O)C(Cc1c[nH]c2ccccc12)NC(=O)C(Cc1ccccc1)NC(=O)CN)C(=O)O. The lowest BCUT2D eigenvalue weighted by Gasteiger charge is -2.24. The van der Waals surface area contributed by atoms with E-state index < -0.39 is 41.8 Å². The summed E-state index contributed by atoms with van der Waals surface area (Å²) in [5.74, 6) is -2.95. The largest absolute Gasteiger partial charge is 0.480 e. The van der Waals surface area contributed by atoms with E-state index in [1.807, 2.05) is 54.6 Å². The first-order chi connectivity index (χ1) is 16.8. The number of amides is 3. The molecule has 0 fully saturated rings. The molecule has 10 nitrogen and oxygen atoms in total. The van der Waals surface area contributed by atoms with Crippen LogP contribution in [-0.2, 0) is 32.0 Å². The summed E-state index contributed by atoms with van der Waals surface area (Å²) >= 11 is 0. The third-order valence-electron chi connectivity index (χ3n) is 5.58. The number of carboxylic acids is 1. The highest BCUT2D eigenvalue weighted by molar-refractivity contribution is 5.94. The molecule has 0 saturated heterocycles. The number of nitrogens with one attached hydrogen (secondary N) is 4. The number of fused-ring (bicyclic) bond motifs is 1. The average Bonchev–Trinajstić information content (AvgIpc) is 3.26. The molecule has 3 unspecified atom stereocenters. The van der Waals surface area contributed by atoms with E-state index in [9.17, 15) is 24.3 Å². The van der Waals surface area contributed by atoms with Gasteiger partial charge in [-0.05, 0) is 24.1 Å².